The first kappa shape index (κ1) is 7.23. The number of nitrogens with zero attached hydrogens (tertiary/aromatic N) is 2. The van der Waals surface area contributed by atoms with E-state index in [0.717, 1.165) is 0 Å². The monoisotopic (exact) mass is 182 g/mol. The van der Waals surface area contributed by atoms with Crippen molar-refractivity contribution in [2.45, 2.75) is 0 Å². The van der Waals surface area contributed by atoms with E-state index in [1.54, 1.807) is 13.2 Å². The van der Waals surface area contributed by atoms with Crippen LogP contribution in [-0.4, -0.2) is 19.5 Å². The second-order valence-corrected chi connectivity index (χ2v) is 2.82. The largest absolute Gasteiger partial charge is 0.327 e. The number of hydrogen-bond donors (Lipinski definition) is 2. The van der Waals surface area contributed by atoms with E-state index in [-0.39, 0.29) is 5.69 Å². The van der Waals surface area contributed by atoms with Gasteiger partial charge in [0, 0.05) is 7.05 Å². The predicted molar refractivity (Wildman–Crippen MR) is 46.5 cm³/mol. The van der Waals surface area contributed by atoms with Crippen LogP contribution < -0.4 is 5.69 Å². The summed E-state index contributed by atoms with van der Waals surface area (Å²) < 4.78 is 1.83. The number of nitrogens with one attached hydrogen (secondary N) is 2. The molecule has 2 rings (SSSR count). The van der Waals surface area contributed by atoms with E-state index in [4.69, 9.17) is 12.2 Å². The van der Waals surface area contributed by atoms with Gasteiger partial charge in [0.2, 0.25) is 0 Å². The van der Waals surface area contributed by atoms with Crippen molar-refractivity contribution >= 4 is 23.4 Å². The van der Waals surface area contributed by atoms with Crippen molar-refractivity contribution in [3.8, 4) is 0 Å². The van der Waals surface area contributed by atoms with Crippen molar-refractivity contribution in [1.29, 1.82) is 0 Å². The van der Waals surface area contributed by atoms with Crippen molar-refractivity contribution in [3.63, 3.8) is 0 Å². The summed E-state index contributed by atoms with van der Waals surface area (Å²) in [6.07, 6.45) is 1.56. The van der Waals surface area contributed by atoms with Crippen LogP contribution in [0.4, 0.5) is 0 Å². The summed E-state index contributed by atoms with van der Waals surface area (Å²) >= 11 is 4.79. The fourth-order valence-corrected chi connectivity index (χ4v) is 1.19. The summed E-state index contributed by atoms with van der Waals surface area (Å²) in [5.41, 5.74) is 1.15. The van der Waals surface area contributed by atoms with Gasteiger partial charge in [-0.15, -0.1) is 0 Å². The standard InChI is InChI=1S/C6H6N4OS/c1-10-3-2-7-5(12)8-4(3)9-6(10)11/h2H,1H3,(H2,7,8,9,11,12). The first-order valence-corrected chi connectivity index (χ1v) is 3.73. The third kappa shape index (κ3) is 0.884. The first-order valence-electron chi connectivity index (χ1n) is 3.32. The Hall–Kier alpha value is -1.43. The second kappa shape index (κ2) is 2.28. The number of fused-ring (bicyclic) bond motifs is 1. The lowest BCUT2D eigenvalue weighted by atomic mass is 10.5. The minimum atomic E-state index is -0.177. The number of H-pyrrole nitrogens is 2. The zero-order valence-electron chi connectivity index (χ0n) is 6.29. The average molecular weight is 182 g/mol. The van der Waals surface area contributed by atoms with Gasteiger partial charge in [-0.05, 0) is 12.2 Å². The van der Waals surface area contributed by atoms with E-state index in [9.17, 15) is 4.79 Å². The Morgan fingerprint density at radius 1 is 1.58 bits per heavy atom. The molecular weight excluding hydrogens is 176 g/mol. The van der Waals surface area contributed by atoms with Gasteiger partial charge in [-0.1, -0.05) is 0 Å². The molecule has 0 bridgehead atoms. The van der Waals surface area contributed by atoms with Crippen LogP contribution >= 0.6 is 12.2 Å². The molecule has 12 heavy (non-hydrogen) atoms. The molecule has 0 aromatic carbocycles. The van der Waals surface area contributed by atoms with E-state index in [0.29, 0.717) is 15.9 Å². The zero-order valence-corrected chi connectivity index (χ0v) is 7.10. The minimum absolute atomic E-state index is 0.177. The number of hydrogen-bond acceptors (Lipinski definition) is 3. The molecule has 0 fully saturated rings. The Labute approximate surface area is 72.1 Å². The fraction of sp³-hybridized carbons (Fsp3) is 0.167. The SMILES string of the molecule is Cn1c(=O)[nH]c2[nH]c(=S)ncc21. The van der Waals surface area contributed by atoms with Gasteiger partial charge in [0.25, 0.3) is 0 Å². The summed E-state index contributed by atoms with van der Waals surface area (Å²) in [6.45, 7) is 0. The summed E-state index contributed by atoms with van der Waals surface area (Å²) in [5.74, 6) is 0. The van der Waals surface area contributed by atoms with Crippen molar-refractivity contribution in [2.24, 2.45) is 7.05 Å². The van der Waals surface area contributed by atoms with Gasteiger partial charge in [0.15, 0.2) is 4.77 Å². The van der Waals surface area contributed by atoms with E-state index >= 15 is 0 Å². The van der Waals surface area contributed by atoms with E-state index in [1.807, 2.05) is 0 Å². The molecule has 2 aromatic rings. The molecule has 0 saturated heterocycles. The third-order valence-corrected chi connectivity index (χ3v) is 1.90. The van der Waals surface area contributed by atoms with Crippen molar-refractivity contribution in [1.82, 2.24) is 19.5 Å². The van der Waals surface area contributed by atoms with Gasteiger partial charge in [0.05, 0.1) is 6.20 Å². The van der Waals surface area contributed by atoms with Gasteiger partial charge >= 0.3 is 5.69 Å². The van der Waals surface area contributed by atoms with Gasteiger partial charge in [0.1, 0.15) is 11.2 Å². The molecule has 0 saturated carbocycles. The topological polar surface area (TPSA) is 66.5 Å². The Morgan fingerprint density at radius 2 is 2.33 bits per heavy atom. The maximum atomic E-state index is 11.1. The summed E-state index contributed by atoms with van der Waals surface area (Å²) in [7, 11) is 1.67. The normalized spacial score (nSPS) is 10.8. The smallest absolute Gasteiger partial charge is 0.315 e. The highest BCUT2D eigenvalue weighted by Crippen LogP contribution is 2.01. The van der Waals surface area contributed by atoms with Crippen LogP contribution in [-0.2, 0) is 7.05 Å². The van der Waals surface area contributed by atoms with Crippen molar-refractivity contribution in [2.75, 3.05) is 0 Å². The van der Waals surface area contributed by atoms with E-state index < -0.39 is 0 Å². The van der Waals surface area contributed by atoms with Crippen LogP contribution in [0.15, 0.2) is 11.0 Å². The number of aromatic amines is 2. The Morgan fingerprint density at radius 3 is 3.08 bits per heavy atom. The predicted octanol–water partition coefficient (Wildman–Crippen LogP) is 0.319. The van der Waals surface area contributed by atoms with Crippen LogP contribution in [0.5, 0.6) is 0 Å². The molecule has 6 heteroatoms. The lowest BCUT2D eigenvalue weighted by Crippen LogP contribution is -2.11. The van der Waals surface area contributed by atoms with E-state index in [2.05, 4.69) is 15.0 Å². The molecule has 5 nitrogen and oxygen atoms in total. The molecule has 0 radical (unpaired) electrons. The lowest BCUT2D eigenvalue weighted by Gasteiger charge is -1.90. The fourth-order valence-electron chi connectivity index (χ4n) is 1.04. The molecule has 0 spiro atoms. The van der Waals surface area contributed by atoms with Gasteiger partial charge in [-0.25, -0.2) is 9.78 Å². The minimum Gasteiger partial charge on any atom is -0.315 e. The maximum absolute atomic E-state index is 11.1. The first-order chi connectivity index (χ1) is 5.68. The molecule has 0 atom stereocenters. The summed E-state index contributed by atoms with van der Waals surface area (Å²) in [6, 6.07) is 0. The molecule has 0 aliphatic heterocycles. The molecular formula is C6H6N4OS. The van der Waals surface area contributed by atoms with Gasteiger partial charge in [-0.2, -0.15) is 0 Å². The molecule has 62 valence electrons. The lowest BCUT2D eigenvalue weighted by molar-refractivity contribution is 0.889. The number of aromatic nitrogens is 4. The molecule has 2 N–H and O–H groups in total. The summed E-state index contributed by atoms with van der Waals surface area (Å²) in [4.78, 5) is 20.3. The highest BCUT2D eigenvalue weighted by molar-refractivity contribution is 7.71. The third-order valence-electron chi connectivity index (χ3n) is 1.69. The zero-order chi connectivity index (χ0) is 8.72. The number of imidazole rings is 1. The molecule has 0 amide bonds. The maximum Gasteiger partial charge on any atom is 0.327 e. The van der Waals surface area contributed by atoms with Crippen LogP contribution in [0.25, 0.3) is 11.2 Å². The molecule has 2 heterocycles. The van der Waals surface area contributed by atoms with Gasteiger partial charge < -0.3 is 4.98 Å². The van der Waals surface area contributed by atoms with Gasteiger partial charge in [-0.3, -0.25) is 9.55 Å². The van der Waals surface area contributed by atoms with Crippen LogP contribution in [0.1, 0.15) is 0 Å². The van der Waals surface area contributed by atoms with Crippen molar-refractivity contribution < 1.29 is 0 Å². The van der Waals surface area contributed by atoms with E-state index in [1.165, 1.54) is 4.57 Å². The van der Waals surface area contributed by atoms with Crippen LogP contribution in [0, 0.1) is 4.77 Å². The Kier molecular flexibility index (Phi) is 1.37. The molecule has 0 aliphatic carbocycles. The van der Waals surface area contributed by atoms with Crippen molar-refractivity contribution in [3.05, 3.63) is 21.5 Å². The quantitative estimate of drug-likeness (QED) is 0.576. The average Bonchev–Trinajstić information content (AvgIpc) is 2.28. The number of rotatable bonds is 0. The summed E-state index contributed by atoms with van der Waals surface area (Å²) in [5, 5.41) is 0. The Balaban J connectivity index is 3.06. The highest BCUT2D eigenvalue weighted by Gasteiger charge is 2.01. The van der Waals surface area contributed by atoms with Crippen LogP contribution in [0.3, 0.4) is 0 Å². The Bertz CT molecular complexity index is 534. The molecule has 0 unspecified atom stereocenters. The molecule has 0 aliphatic rings. The van der Waals surface area contributed by atoms with Crippen LogP contribution in [0.2, 0.25) is 0 Å². The highest BCUT2D eigenvalue weighted by atomic mass is 32.1. The molecule has 2 aromatic heterocycles. The second-order valence-electron chi connectivity index (χ2n) is 2.44. The number of aryl methyl sites for hydroxylation is 1.